The summed E-state index contributed by atoms with van der Waals surface area (Å²) in [6.45, 7) is 4.40. The van der Waals surface area contributed by atoms with Gasteiger partial charge in [-0.3, -0.25) is 0 Å². The van der Waals surface area contributed by atoms with Crippen LogP contribution in [0.3, 0.4) is 0 Å². The lowest BCUT2D eigenvalue weighted by atomic mass is 9.97. The molecule has 1 aliphatic carbocycles. The first-order valence-electron chi connectivity index (χ1n) is 4.53. The van der Waals surface area contributed by atoms with E-state index < -0.39 is 0 Å². The Labute approximate surface area is 73.6 Å². The normalized spacial score (nSPS) is 32.7. The van der Waals surface area contributed by atoms with Gasteiger partial charge in [0.2, 0.25) is 0 Å². The van der Waals surface area contributed by atoms with E-state index in [1.807, 2.05) is 11.8 Å². The minimum absolute atomic E-state index is 0.0313. The Balaban J connectivity index is 2.29. The Morgan fingerprint density at radius 1 is 1.27 bits per heavy atom. The highest BCUT2D eigenvalue weighted by Gasteiger charge is 2.23. The van der Waals surface area contributed by atoms with Gasteiger partial charge in [-0.25, -0.2) is 0 Å². The van der Waals surface area contributed by atoms with Gasteiger partial charge in [0.1, 0.15) is 0 Å². The van der Waals surface area contributed by atoms with Gasteiger partial charge in [0.15, 0.2) is 0 Å². The van der Waals surface area contributed by atoms with E-state index in [2.05, 4.69) is 13.8 Å². The van der Waals surface area contributed by atoms with Crippen LogP contribution < -0.4 is 0 Å². The van der Waals surface area contributed by atoms with Crippen molar-refractivity contribution in [3.8, 4) is 0 Å². The second-order valence-corrected chi connectivity index (χ2v) is 5.40. The third kappa shape index (κ3) is 3.04. The molecule has 0 spiro atoms. The maximum absolute atomic E-state index is 9.60. The summed E-state index contributed by atoms with van der Waals surface area (Å²) in [4.78, 5) is 0. The molecular weight excluding hydrogens is 156 g/mol. The predicted molar refractivity (Wildman–Crippen MR) is 51.0 cm³/mol. The zero-order chi connectivity index (χ0) is 8.27. The largest absolute Gasteiger partial charge is 0.392 e. The van der Waals surface area contributed by atoms with Crippen molar-refractivity contribution in [2.45, 2.75) is 56.1 Å². The number of hydrogen-bond acceptors (Lipinski definition) is 2. The fourth-order valence-corrected chi connectivity index (χ4v) is 2.90. The molecule has 0 saturated heterocycles. The minimum Gasteiger partial charge on any atom is -0.392 e. The average molecular weight is 174 g/mol. The van der Waals surface area contributed by atoms with Gasteiger partial charge in [0.25, 0.3) is 0 Å². The van der Waals surface area contributed by atoms with Crippen molar-refractivity contribution in [2.24, 2.45) is 0 Å². The Hall–Kier alpha value is 0.310. The van der Waals surface area contributed by atoms with E-state index in [1.165, 1.54) is 19.3 Å². The summed E-state index contributed by atoms with van der Waals surface area (Å²) in [6, 6.07) is 0. The molecule has 0 aromatic carbocycles. The molecule has 1 N–H and O–H groups in total. The van der Waals surface area contributed by atoms with Crippen molar-refractivity contribution >= 4 is 11.8 Å². The number of hydrogen-bond donors (Lipinski definition) is 1. The van der Waals surface area contributed by atoms with E-state index in [0.29, 0.717) is 10.5 Å². The molecule has 1 rings (SSSR count). The smallest absolute Gasteiger partial charge is 0.0658 e. The van der Waals surface area contributed by atoms with Crippen LogP contribution in [0.2, 0.25) is 0 Å². The molecule has 1 nitrogen and oxygen atoms in total. The van der Waals surface area contributed by atoms with E-state index in [4.69, 9.17) is 0 Å². The number of aliphatic hydroxyl groups excluding tert-OH is 1. The standard InChI is InChI=1S/C9H18OS/c1-7(2)11-9-6-4-3-5-8(9)10/h7-10H,3-6H2,1-2H3/t8-,9+/m0/s1. The van der Waals surface area contributed by atoms with E-state index in [0.717, 1.165) is 6.42 Å². The second kappa shape index (κ2) is 4.36. The number of thioether (sulfide) groups is 1. The lowest BCUT2D eigenvalue weighted by molar-refractivity contribution is 0.137. The van der Waals surface area contributed by atoms with E-state index in [1.54, 1.807) is 0 Å². The minimum atomic E-state index is -0.0313. The summed E-state index contributed by atoms with van der Waals surface area (Å²) in [6.07, 6.45) is 4.72. The summed E-state index contributed by atoms with van der Waals surface area (Å²) < 4.78 is 0. The Kier molecular flexibility index (Phi) is 3.73. The van der Waals surface area contributed by atoms with Gasteiger partial charge in [0.05, 0.1) is 6.10 Å². The topological polar surface area (TPSA) is 20.2 Å². The summed E-state index contributed by atoms with van der Waals surface area (Å²) in [5, 5.41) is 10.8. The molecule has 0 bridgehead atoms. The molecule has 0 aromatic rings. The molecule has 0 aromatic heterocycles. The van der Waals surface area contributed by atoms with Gasteiger partial charge in [-0.15, -0.1) is 0 Å². The van der Waals surface area contributed by atoms with Crippen LogP contribution in [-0.4, -0.2) is 21.7 Å². The molecule has 0 amide bonds. The van der Waals surface area contributed by atoms with Crippen molar-refractivity contribution < 1.29 is 5.11 Å². The van der Waals surface area contributed by atoms with Crippen molar-refractivity contribution in [1.29, 1.82) is 0 Å². The molecule has 0 heterocycles. The quantitative estimate of drug-likeness (QED) is 0.694. The molecule has 1 fully saturated rings. The maximum Gasteiger partial charge on any atom is 0.0658 e. The fourth-order valence-electron chi connectivity index (χ4n) is 1.59. The number of aliphatic hydroxyl groups is 1. The highest BCUT2D eigenvalue weighted by atomic mass is 32.2. The summed E-state index contributed by atoms with van der Waals surface area (Å²) in [5.74, 6) is 0. The SMILES string of the molecule is CC(C)S[C@@H]1CCCC[C@@H]1O. The molecular formula is C9H18OS. The van der Waals surface area contributed by atoms with Crippen LogP contribution in [-0.2, 0) is 0 Å². The average Bonchev–Trinajstić information content (AvgIpc) is 1.93. The van der Waals surface area contributed by atoms with Gasteiger partial charge in [0, 0.05) is 5.25 Å². The first-order valence-corrected chi connectivity index (χ1v) is 5.48. The zero-order valence-corrected chi connectivity index (χ0v) is 8.23. The van der Waals surface area contributed by atoms with Gasteiger partial charge in [-0.05, 0) is 18.1 Å². The highest BCUT2D eigenvalue weighted by Crippen LogP contribution is 2.30. The third-order valence-electron chi connectivity index (χ3n) is 2.11. The van der Waals surface area contributed by atoms with Crippen LogP contribution in [0.15, 0.2) is 0 Å². The van der Waals surface area contributed by atoms with E-state index in [-0.39, 0.29) is 6.10 Å². The third-order valence-corrected chi connectivity index (χ3v) is 3.56. The first-order chi connectivity index (χ1) is 5.20. The van der Waals surface area contributed by atoms with Crippen LogP contribution in [0.1, 0.15) is 39.5 Å². The molecule has 1 aliphatic rings. The molecule has 0 unspecified atom stereocenters. The summed E-state index contributed by atoms with van der Waals surface area (Å²) >= 11 is 1.93. The molecule has 2 atom stereocenters. The van der Waals surface area contributed by atoms with Crippen LogP contribution >= 0.6 is 11.8 Å². The Morgan fingerprint density at radius 3 is 2.45 bits per heavy atom. The highest BCUT2D eigenvalue weighted by molar-refractivity contribution is 8.00. The van der Waals surface area contributed by atoms with E-state index in [9.17, 15) is 5.11 Å². The molecule has 0 radical (unpaired) electrons. The van der Waals surface area contributed by atoms with Gasteiger partial charge in [-0.2, -0.15) is 11.8 Å². The van der Waals surface area contributed by atoms with Gasteiger partial charge < -0.3 is 5.11 Å². The van der Waals surface area contributed by atoms with Crippen LogP contribution in [0.4, 0.5) is 0 Å². The van der Waals surface area contributed by atoms with Crippen LogP contribution in [0, 0.1) is 0 Å². The Morgan fingerprint density at radius 2 is 1.91 bits per heavy atom. The zero-order valence-electron chi connectivity index (χ0n) is 7.42. The van der Waals surface area contributed by atoms with E-state index >= 15 is 0 Å². The summed E-state index contributed by atoms with van der Waals surface area (Å²) in [5.41, 5.74) is 0. The van der Waals surface area contributed by atoms with Crippen molar-refractivity contribution in [3.63, 3.8) is 0 Å². The van der Waals surface area contributed by atoms with Crippen molar-refractivity contribution in [1.82, 2.24) is 0 Å². The summed E-state index contributed by atoms with van der Waals surface area (Å²) in [7, 11) is 0. The van der Waals surface area contributed by atoms with Gasteiger partial charge in [-0.1, -0.05) is 26.7 Å². The monoisotopic (exact) mass is 174 g/mol. The first kappa shape index (κ1) is 9.40. The molecule has 2 heteroatoms. The lowest BCUT2D eigenvalue weighted by Gasteiger charge is -2.28. The lowest BCUT2D eigenvalue weighted by Crippen LogP contribution is -2.27. The molecule has 1 saturated carbocycles. The van der Waals surface area contributed by atoms with Crippen LogP contribution in [0.5, 0.6) is 0 Å². The molecule has 11 heavy (non-hydrogen) atoms. The predicted octanol–water partition coefficient (Wildman–Crippen LogP) is 2.43. The Bertz CT molecular complexity index is 114. The maximum atomic E-state index is 9.60. The van der Waals surface area contributed by atoms with Crippen LogP contribution in [0.25, 0.3) is 0 Å². The second-order valence-electron chi connectivity index (χ2n) is 3.58. The van der Waals surface area contributed by atoms with Crippen molar-refractivity contribution in [2.75, 3.05) is 0 Å². The van der Waals surface area contributed by atoms with Crippen molar-refractivity contribution in [3.05, 3.63) is 0 Å². The number of rotatable bonds is 2. The van der Waals surface area contributed by atoms with Gasteiger partial charge >= 0.3 is 0 Å². The fraction of sp³-hybridized carbons (Fsp3) is 1.00. The molecule has 66 valence electrons. The molecule has 0 aliphatic heterocycles.